The van der Waals surface area contributed by atoms with Crippen LogP contribution in [0.4, 0.5) is 0 Å². The number of para-hydroxylation sites is 1. The lowest BCUT2D eigenvalue weighted by Crippen LogP contribution is -2.11. The lowest BCUT2D eigenvalue weighted by Gasteiger charge is -2.02. The summed E-state index contributed by atoms with van der Waals surface area (Å²) in [5.74, 6) is 0.569. The Morgan fingerprint density at radius 1 is 1.00 bits per heavy atom. The van der Waals surface area contributed by atoms with Crippen LogP contribution in [0.3, 0.4) is 0 Å². The molecule has 0 spiro atoms. The molecule has 0 bridgehead atoms. The van der Waals surface area contributed by atoms with Gasteiger partial charge in [0.15, 0.2) is 18.0 Å². The van der Waals surface area contributed by atoms with Gasteiger partial charge in [0.2, 0.25) is 0 Å². The number of sulfonamides is 1. The van der Waals surface area contributed by atoms with Crippen molar-refractivity contribution in [3.05, 3.63) is 72.4 Å². The topological polar surface area (TPSA) is 89.7 Å². The van der Waals surface area contributed by atoms with Gasteiger partial charge in [0.25, 0.3) is 10.0 Å². The zero-order valence-corrected chi connectivity index (χ0v) is 17.5. The van der Waals surface area contributed by atoms with Gasteiger partial charge in [-0.3, -0.25) is 0 Å². The monoisotopic (exact) mass is 429 g/mol. The lowest BCUT2D eigenvalue weighted by molar-refractivity contribution is -0.0776. The molecule has 2 aromatic carbocycles. The Hall–Kier alpha value is -2.75. The number of nitrogens with zero attached hydrogens (tertiary/aromatic N) is 3. The van der Waals surface area contributed by atoms with Crippen molar-refractivity contribution in [1.82, 2.24) is 0 Å². The van der Waals surface area contributed by atoms with Crippen molar-refractivity contribution in [2.75, 3.05) is 0 Å². The molecule has 0 saturated heterocycles. The number of allylic oxidation sites excluding steroid dienone is 2. The van der Waals surface area contributed by atoms with Crippen LogP contribution in [0, 0.1) is 0 Å². The molecule has 150 valence electrons. The molecule has 9 heteroatoms. The highest BCUT2D eigenvalue weighted by atomic mass is 32.2. The largest absolute Gasteiger partial charge is 0.324 e. The fraction of sp³-hybridized carbons (Fsp3) is 0.150. The Kier molecular flexibility index (Phi) is 6.97. The normalized spacial score (nSPS) is 15.1. The molecule has 0 amide bonds. The Balaban J connectivity index is 1.61. The number of hydrogen-bond donors (Lipinski definition) is 0. The molecule has 1 aliphatic heterocycles. The van der Waals surface area contributed by atoms with E-state index in [1.807, 2.05) is 24.3 Å². The molecule has 0 aromatic heterocycles. The van der Waals surface area contributed by atoms with Crippen LogP contribution in [0.1, 0.15) is 20.3 Å². The summed E-state index contributed by atoms with van der Waals surface area (Å²) >= 11 is 0.789. The first kappa shape index (κ1) is 21.0. The predicted octanol–water partition coefficient (Wildman–Crippen LogP) is 4.60. The van der Waals surface area contributed by atoms with Crippen molar-refractivity contribution in [1.29, 1.82) is 0 Å². The Morgan fingerprint density at radius 3 is 2.34 bits per heavy atom. The Bertz CT molecular complexity index is 1080. The van der Waals surface area contributed by atoms with Crippen molar-refractivity contribution in [2.45, 2.75) is 25.2 Å². The average Bonchev–Trinajstić information content (AvgIpc) is 3.23. The summed E-state index contributed by atoms with van der Waals surface area (Å²) in [5, 5.41) is 0. The van der Waals surface area contributed by atoms with E-state index in [0.717, 1.165) is 12.2 Å². The minimum absolute atomic E-state index is 0.149. The first-order valence-corrected chi connectivity index (χ1v) is 10.8. The van der Waals surface area contributed by atoms with Crippen molar-refractivity contribution >= 4 is 39.4 Å². The fourth-order valence-electron chi connectivity index (χ4n) is 2.41. The summed E-state index contributed by atoms with van der Waals surface area (Å²) in [6, 6.07) is 17.2. The van der Waals surface area contributed by atoms with Crippen LogP contribution in [-0.4, -0.2) is 25.6 Å². The summed E-state index contributed by atoms with van der Waals surface area (Å²) < 4.78 is 37.9. The van der Waals surface area contributed by atoms with Gasteiger partial charge in [-0.1, -0.05) is 46.8 Å². The summed E-state index contributed by atoms with van der Waals surface area (Å²) in [4.78, 5) is 9.68. The molecule has 0 unspecified atom stereocenters. The van der Waals surface area contributed by atoms with E-state index in [-0.39, 0.29) is 4.90 Å². The second-order valence-corrected chi connectivity index (χ2v) is 8.10. The Morgan fingerprint density at radius 2 is 1.66 bits per heavy atom. The van der Waals surface area contributed by atoms with Crippen LogP contribution >= 0.6 is 12.2 Å². The van der Waals surface area contributed by atoms with Crippen molar-refractivity contribution < 1.29 is 17.6 Å². The van der Waals surface area contributed by atoms with Crippen LogP contribution in [0.25, 0.3) is 0 Å². The quantitative estimate of drug-likeness (QED) is 0.153. The van der Waals surface area contributed by atoms with E-state index in [1.165, 1.54) is 12.1 Å². The van der Waals surface area contributed by atoms with Crippen LogP contribution in [0.2, 0.25) is 0 Å². The maximum Gasteiger partial charge on any atom is 0.282 e. The molecular weight excluding hydrogens is 410 g/mol. The van der Waals surface area contributed by atoms with Crippen LogP contribution in [-0.2, 0) is 14.4 Å². The van der Waals surface area contributed by atoms with Gasteiger partial charge in [-0.2, -0.15) is 17.2 Å². The van der Waals surface area contributed by atoms with Gasteiger partial charge in [-0.05, 0) is 38.1 Å². The molecule has 0 N–H and O–H groups in total. The van der Waals surface area contributed by atoms with Gasteiger partial charge >= 0.3 is 0 Å². The summed E-state index contributed by atoms with van der Waals surface area (Å²) in [5.41, 5.74) is 2.20. The molecule has 7 nitrogen and oxygen atoms in total. The maximum atomic E-state index is 12.4. The van der Waals surface area contributed by atoms with E-state index < -0.39 is 10.0 Å². The molecule has 1 heterocycles. The van der Waals surface area contributed by atoms with Gasteiger partial charge < -0.3 is 4.89 Å². The summed E-state index contributed by atoms with van der Waals surface area (Å²) in [6.45, 7) is 3.42. The van der Waals surface area contributed by atoms with Gasteiger partial charge in [0.1, 0.15) is 0 Å². The first-order valence-electron chi connectivity index (χ1n) is 8.71. The molecule has 0 atom stereocenters. The zero-order valence-electron chi connectivity index (χ0n) is 15.8. The fourth-order valence-corrected chi connectivity index (χ4v) is 3.83. The number of rotatable bonds is 8. The molecule has 0 radical (unpaired) electrons. The molecule has 0 aliphatic carbocycles. The standard InChI is InChI=1S/C20H19N3O4S2/c1-15(22-28-27-26-17-9-5-3-6-10-17)19-13-14-20(21-19)16(2)23-29(24,25)18-11-7-4-8-12-18/h3-13H,14H2,1-2H3/b22-15+,23-16+. The Labute approximate surface area is 174 Å². The van der Waals surface area contributed by atoms with E-state index in [4.69, 9.17) is 9.22 Å². The molecule has 0 fully saturated rings. The summed E-state index contributed by atoms with van der Waals surface area (Å²) in [6.07, 6.45) is 2.34. The highest BCUT2D eigenvalue weighted by Crippen LogP contribution is 2.19. The molecule has 29 heavy (non-hydrogen) atoms. The number of aliphatic imine (C=N–C) groups is 1. The number of hydrogen-bond acceptors (Lipinski definition) is 7. The third-order valence-corrected chi connectivity index (χ3v) is 5.77. The third-order valence-electron chi connectivity index (χ3n) is 3.91. The van der Waals surface area contributed by atoms with E-state index in [1.54, 1.807) is 44.2 Å². The van der Waals surface area contributed by atoms with Crippen molar-refractivity contribution in [3.8, 4) is 5.75 Å². The van der Waals surface area contributed by atoms with E-state index >= 15 is 0 Å². The van der Waals surface area contributed by atoms with Gasteiger partial charge in [-0.15, -0.1) is 0 Å². The van der Waals surface area contributed by atoms with Gasteiger partial charge in [0.05, 0.1) is 27.7 Å². The highest BCUT2D eigenvalue weighted by Gasteiger charge is 2.18. The average molecular weight is 430 g/mol. The van der Waals surface area contributed by atoms with Gasteiger partial charge in [-0.25, -0.2) is 4.99 Å². The van der Waals surface area contributed by atoms with Crippen LogP contribution < -0.4 is 4.89 Å². The maximum absolute atomic E-state index is 12.4. The highest BCUT2D eigenvalue weighted by molar-refractivity contribution is 7.93. The molecule has 1 aliphatic rings. The molecular formula is C20H19N3O4S2. The molecule has 0 saturated carbocycles. The second-order valence-electron chi connectivity index (χ2n) is 6.03. The third kappa shape index (κ3) is 5.86. The predicted molar refractivity (Wildman–Crippen MR) is 116 cm³/mol. The minimum atomic E-state index is -3.77. The van der Waals surface area contributed by atoms with E-state index in [0.29, 0.717) is 35.0 Å². The van der Waals surface area contributed by atoms with Crippen molar-refractivity contribution in [2.24, 2.45) is 13.8 Å². The zero-order chi connectivity index (χ0) is 20.7. The first-order chi connectivity index (χ1) is 14.0. The molecule has 2 aromatic rings. The van der Waals surface area contributed by atoms with Crippen LogP contribution in [0.5, 0.6) is 5.75 Å². The van der Waals surface area contributed by atoms with E-state index in [9.17, 15) is 8.42 Å². The minimum Gasteiger partial charge on any atom is -0.324 e. The summed E-state index contributed by atoms with van der Waals surface area (Å²) in [7, 11) is -3.77. The second kappa shape index (κ2) is 9.64. The SMILES string of the molecule is C/C(=N\SOOc1ccccc1)C1=CCC(/C(C)=N/S(=O)(=O)c2ccccc2)=N1. The van der Waals surface area contributed by atoms with E-state index in [2.05, 4.69) is 13.8 Å². The molecule has 3 rings (SSSR count). The number of benzene rings is 2. The van der Waals surface area contributed by atoms with Gasteiger partial charge in [0, 0.05) is 6.42 Å². The lowest BCUT2D eigenvalue weighted by atomic mass is 10.2. The smallest absolute Gasteiger partial charge is 0.282 e. The van der Waals surface area contributed by atoms with Crippen molar-refractivity contribution in [3.63, 3.8) is 0 Å². The van der Waals surface area contributed by atoms with Crippen LogP contribution in [0.15, 0.2) is 91.1 Å².